The molecule has 2 aromatic rings. The number of benzene rings is 2. The molecule has 0 fully saturated rings. The number of urea groups is 1. The largest absolute Gasteiger partial charge is 0.497 e. The molecule has 2 heterocycles. The SMILES string of the molecule is COc1ccc2c(c1)CC(NC(=O)NCc1ccc3c(c1)OCO3)CO2. The topological polar surface area (TPSA) is 78.1 Å². The Balaban J connectivity index is 1.31. The molecule has 0 aromatic heterocycles. The first-order valence-corrected chi connectivity index (χ1v) is 8.44. The van der Waals surface area contributed by atoms with Crippen molar-refractivity contribution in [2.45, 2.75) is 19.0 Å². The van der Waals surface area contributed by atoms with Crippen molar-refractivity contribution in [2.24, 2.45) is 0 Å². The fourth-order valence-electron chi connectivity index (χ4n) is 3.06. The van der Waals surface area contributed by atoms with E-state index < -0.39 is 0 Å². The van der Waals surface area contributed by atoms with Gasteiger partial charge in [-0.2, -0.15) is 0 Å². The molecular formula is C19H20N2O5. The summed E-state index contributed by atoms with van der Waals surface area (Å²) < 4.78 is 21.6. The maximum atomic E-state index is 12.2. The molecule has 2 N–H and O–H groups in total. The van der Waals surface area contributed by atoms with Crippen molar-refractivity contribution >= 4 is 6.03 Å². The van der Waals surface area contributed by atoms with Crippen molar-refractivity contribution < 1.29 is 23.7 Å². The van der Waals surface area contributed by atoms with Crippen LogP contribution in [0, 0.1) is 0 Å². The monoisotopic (exact) mass is 356 g/mol. The second-order valence-electron chi connectivity index (χ2n) is 6.20. The van der Waals surface area contributed by atoms with Gasteiger partial charge in [-0.05, 0) is 47.9 Å². The van der Waals surface area contributed by atoms with Gasteiger partial charge in [-0.3, -0.25) is 0 Å². The molecule has 0 bridgehead atoms. The zero-order valence-corrected chi connectivity index (χ0v) is 14.4. The fraction of sp³-hybridized carbons (Fsp3) is 0.316. The van der Waals surface area contributed by atoms with Gasteiger partial charge in [0.1, 0.15) is 18.1 Å². The Morgan fingerprint density at radius 3 is 2.85 bits per heavy atom. The predicted octanol–water partition coefficient (Wildman–Crippen LogP) is 2.23. The lowest BCUT2D eigenvalue weighted by Crippen LogP contribution is -2.47. The standard InChI is InChI=1S/C19H20N2O5/c1-23-15-3-5-16-13(8-15)7-14(10-24-16)21-19(22)20-9-12-2-4-17-18(6-12)26-11-25-17/h2-6,8,14H,7,9-11H2,1H3,(H2,20,21,22). The van der Waals surface area contributed by atoms with E-state index in [1.807, 2.05) is 36.4 Å². The molecule has 2 aliphatic rings. The quantitative estimate of drug-likeness (QED) is 0.878. The summed E-state index contributed by atoms with van der Waals surface area (Å²) >= 11 is 0. The Hall–Kier alpha value is -3.09. The number of methoxy groups -OCH3 is 1. The van der Waals surface area contributed by atoms with Crippen LogP contribution in [0.25, 0.3) is 0 Å². The molecule has 2 aliphatic heterocycles. The highest BCUT2D eigenvalue weighted by atomic mass is 16.7. The Morgan fingerprint density at radius 2 is 1.96 bits per heavy atom. The van der Waals surface area contributed by atoms with Gasteiger partial charge < -0.3 is 29.6 Å². The number of carbonyl (C=O) groups excluding carboxylic acids is 1. The highest BCUT2D eigenvalue weighted by Crippen LogP contribution is 2.32. The summed E-state index contributed by atoms with van der Waals surface area (Å²) in [6.45, 7) is 1.08. The fourth-order valence-corrected chi connectivity index (χ4v) is 3.06. The van der Waals surface area contributed by atoms with E-state index in [-0.39, 0.29) is 18.9 Å². The molecule has 1 unspecified atom stereocenters. The van der Waals surface area contributed by atoms with Crippen molar-refractivity contribution in [3.05, 3.63) is 47.5 Å². The summed E-state index contributed by atoms with van der Waals surface area (Å²) in [5, 5.41) is 5.81. The normalized spacial score (nSPS) is 17.0. The molecule has 26 heavy (non-hydrogen) atoms. The average Bonchev–Trinajstić information content (AvgIpc) is 3.13. The third-order valence-electron chi connectivity index (χ3n) is 4.40. The molecule has 0 radical (unpaired) electrons. The van der Waals surface area contributed by atoms with Crippen molar-refractivity contribution in [3.63, 3.8) is 0 Å². The van der Waals surface area contributed by atoms with Crippen molar-refractivity contribution in [1.82, 2.24) is 10.6 Å². The molecule has 7 heteroatoms. The van der Waals surface area contributed by atoms with E-state index in [1.165, 1.54) is 0 Å². The van der Waals surface area contributed by atoms with Gasteiger partial charge >= 0.3 is 6.03 Å². The predicted molar refractivity (Wildman–Crippen MR) is 93.9 cm³/mol. The zero-order valence-electron chi connectivity index (χ0n) is 14.4. The second kappa shape index (κ2) is 7.03. The maximum absolute atomic E-state index is 12.2. The van der Waals surface area contributed by atoms with Crippen LogP contribution >= 0.6 is 0 Å². The van der Waals surface area contributed by atoms with Gasteiger partial charge in [0.25, 0.3) is 0 Å². The van der Waals surface area contributed by atoms with E-state index in [1.54, 1.807) is 7.11 Å². The Bertz CT molecular complexity index is 824. The molecule has 2 amide bonds. The lowest BCUT2D eigenvalue weighted by molar-refractivity contribution is 0.174. The highest BCUT2D eigenvalue weighted by molar-refractivity contribution is 5.74. The lowest BCUT2D eigenvalue weighted by Gasteiger charge is -2.26. The summed E-state index contributed by atoms with van der Waals surface area (Å²) in [6, 6.07) is 11.0. The first-order valence-electron chi connectivity index (χ1n) is 8.44. The van der Waals surface area contributed by atoms with E-state index in [4.69, 9.17) is 18.9 Å². The van der Waals surface area contributed by atoms with Crippen LogP contribution in [-0.2, 0) is 13.0 Å². The molecule has 0 aliphatic carbocycles. The molecule has 2 aromatic carbocycles. The number of amides is 2. The van der Waals surface area contributed by atoms with E-state index in [2.05, 4.69) is 10.6 Å². The van der Waals surface area contributed by atoms with E-state index in [0.29, 0.717) is 25.3 Å². The third kappa shape index (κ3) is 3.46. The van der Waals surface area contributed by atoms with Crippen molar-refractivity contribution in [3.8, 4) is 23.0 Å². The van der Waals surface area contributed by atoms with Crippen LogP contribution in [0.1, 0.15) is 11.1 Å². The van der Waals surface area contributed by atoms with Gasteiger partial charge in [-0.25, -0.2) is 4.79 Å². The third-order valence-corrected chi connectivity index (χ3v) is 4.40. The molecular weight excluding hydrogens is 336 g/mol. The summed E-state index contributed by atoms with van der Waals surface area (Å²) in [5.41, 5.74) is 1.97. The summed E-state index contributed by atoms with van der Waals surface area (Å²) in [7, 11) is 1.63. The molecule has 136 valence electrons. The number of nitrogens with one attached hydrogen (secondary N) is 2. The molecule has 4 rings (SSSR count). The minimum absolute atomic E-state index is 0.0913. The van der Waals surface area contributed by atoms with Crippen molar-refractivity contribution in [1.29, 1.82) is 0 Å². The van der Waals surface area contributed by atoms with Gasteiger partial charge in [0.2, 0.25) is 6.79 Å². The first-order chi connectivity index (χ1) is 12.7. The Labute approximate surface area is 151 Å². The van der Waals surface area contributed by atoms with Crippen LogP contribution in [0.15, 0.2) is 36.4 Å². The van der Waals surface area contributed by atoms with Crippen LogP contribution in [-0.4, -0.2) is 32.6 Å². The van der Waals surface area contributed by atoms with Crippen LogP contribution < -0.4 is 29.6 Å². The molecule has 0 saturated carbocycles. The number of ether oxygens (including phenoxy) is 4. The number of hydrogen-bond donors (Lipinski definition) is 2. The molecule has 1 atom stereocenters. The van der Waals surface area contributed by atoms with Crippen LogP contribution in [0.3, 0.4) is 0 Å². The van der Waals surface area contributed by atoms with E-state index in [0.717, 1.165) is 28.4 Å². The summed E-state index contributed by atoms with van der Waals surface area (Å²) in [5.74, 6) is 3.05. The van der Waals surface area contributed by atoms with Gasteiger partial charge in [-0.1, -0.05) is 6.07 Å². The minimum atomic E-state index is -0.234. The van der Waals surface area contributed by atoms with Gasteiger partial charge in [0.05, 0.1) is 13.2 Å². The summed E-state index contributed by atoms with van der Waals surface area (Å²) in [4.78, 5) is 12.2. The average molecular weight is 356 g/mol. The molecule has 0 saturated heterocycles. The lowest BCUT2D eigenvalue weighted by atomic mass is 10.0. The Kier molecular flexibility index (Phi) is 4.43. The number of rotatable bonds is 4. The van der Waals surface area contributed by atoms with Crippen LogP contribution in [0.4, 0.5) is 4.79 Å². The van der Waals surface area contributed by atoms with Crippen LogP contribution in [0.5, 0.6) is 23.0 Å². The minimum Gasteiger partial charge on any atom is -0.497 e. The maximum Gasteiger partial charge on any atom is 0.315 e. The van der Waals surface area contributed by atoms with Gasteiger partial charge in [0.15, 0.2) is 11.5 Å². The molecule has 7 nitrogen and oxygen atoms in total. The second-order valence-corrected chi connectivity index (χ2v) is 6.20. The van der Waals surface area contributed by atoms with Crippen LogP contribution in [0.2, 0.25) is 0 Å². The van der Waals surface area contributed by atoms with Crippen molar-refractivity contribution in [2.75, 3.05) is 20.5 Å². The number of hydrogen-bond acceptors (Lipinski definition) is 5. The van der Waals surface area contributed by atoms with Gasteiger partial charge in [0, 0.05) is 6.54 Å². The van der Waals surface area contributed by atoms with Gasteiger partial charge in [-0.15, -0.1) is 0 Å². The number of fused-ring (bicyclic) bond motifs is 2. The molecule has 0 spiro atoms. The smallest absolute Gasteiger partial charge is 0.315 e. The highest BCUT2D eigenvalue weighted by Gasteiger charge is 2.22. The Morgan fingerprint density at radius 1 is 1.12 bits per heavy atom. The van der Waals surface area contributed by atoms with E-state index in [9.17, 15) is 4.79 Å². The van der Waals surface area contributed by atoms with E-state index >= 15 is 0 Å². The first kappa shape index (κ1) is 16.4. The number of carbonyl (C=O) groups is 1. The zero-order chi connectivity index (χ0) is 17.9. The summed E-state index contributed by atoms with van der Waals surface area (Å²) in [6.07, 6.45) is 0.698.